The van der Waals surface area contributed by atoms with Gasteiger partial charge in [0.1, 0.15) is 0 Å². The van der Waals surface area contributed by atoms with E-state index in [1.54, 1.807) is 18.3 Å². The molecule has 142 valence electrons. The highest BCUT2D eigenvalue weighted by Gasteiger charge is 2.39. The number of rotatable bonds is 2. The molecule has 2 aromatic heterocycles. The van der Waals surface area contributed by atoms with Crippen LogP contribution < -0.4 is 10.2 Å². The number of pyridine rings is 1. The van der Waals surface area contributed by atoms with E-state index in [4.69, 9.17) is 4.98 Å². The molecule has 1 N–H and O–H groups in total. The van der Waals surface area contributed by atoms with Gasteiger partial charge >= 0.3 is 0 Å². The predicted octanol–water partition coefficient (Wildman–Crippen LogP) is 2.12. The molecule has 2 fully saturated rings. The molecule has 0 saturated carbocycles. The van der Waals surface area contributed by atoms with Gasteiger partial charge in [0.25, 0.3) is 5.91 Å². The molecule has 2 unspecified atom stereocenters. The number of hydrogen-bond acceptors (Lipinski definition) is 6. The molecule has 8 heteroatoms. The van der Waals surface area contributed by atoms with Gasteiger partial charge in [-0.1, -0.05) is 11.3 Å². The summed E-state index contributed by atoms with van der Waals surface area (Å²) in [4.78, 5) is 27.0. The van der Waals surface area contributed by atoms with Gasteiger partial charge < -0.3 is 15.1 Å². The second kappa shape index (κ2) is 6.53. The van der Waals surface area contributed by atoms with Gasteiger partial charge in [-0.15, -0.1) is 0 Å². The van der Waals surface area contributed by atoms with Gasteiger partial charge in [0.05, 0.1) is 17.8 Å². The van der Waals surface area contributed by atoms with Gasteiger partial charge in [0, 0.05) is 49.2 Å². The zero-order chi connectivity index (χ0) is 18.5. The highest BCUT2D eigenvalue weighted by atomic mass is 32.1. The third-order valence-electron chi connectivity index (χ3n) is 5.92. The lowest BCUT2D eigenvalue weighted by molar-refractivity contribution is 0.0735. The largest absolute Gasteiger partial charge is 0.340 e. The average Bonchev–Trinajstić information content (AvgIpc) is 3.17. The number of nitrogens with zero attached hydrogens (tertiary/aromatic N) is 4. The maximum Gasteiger partial charge on any atom is 0.256 e. The van der Waals surface area contributed by atoms with Gasteiger partial charge in [-0.2, -0.15) is 4.39 Å². The summed E-state index contributed by atoms with van der Waals surface area (Å²) in [6.45, 7) is 5.02. The van der Waals surface area contributed by atoms with Gasteiger partial charge in [-0.05, 0) is 31.4 Å². The van der Waals surface area contributed by atoms with E-state index in [0.717, 1.165) is 30.3 Å². The first kappa shape index (κ1) is 17.1. The summed E-state index contributed by atoms with van der Waals surface area (Å²) in [5, 5.41) is 4.62. The van der Waals surface area contributed by atoms with E-state index in [2.05, 4.69) is 15.2 Å². The lowest BCUT2D eigenvalue weighted by Crippen LogP contribution is -2.51. The number of piperazine rings is 1. The number of aryl methyl sites for hydroxylation is 1. The molecule has 6 nitrogen and oxygen atoms in total. The standard InChI is InChI=1S/C19H22FN5OS/c1-11-6-17(20)22-9-14(11)18(26)24-5-4-15-16(10-24)27-19(23-15)25-12-2-3-13(25)8-21-7-12/h6,9,12-13,21H,2-5,7-8,10H2,1H3. The van der Waals surface area contributed by atoms with E-state index in [0.29, 0.717) is 36.3 Å². The number of anilines is 1. The fraction of sp³-hybridized carbons (Fsp3) is 0.526. The average molecular weight is 387 g/mol. The molecule has 0 spiro atoms. The Morgan fingerprint density at radius 1 is 1.33 bits per heavy atom. The third-order valence-corrected chi connectivity index (χ3v) is 7.01. The Bertz CT molecular complexity index is 884. The van der Waals surface area contributed by atoms with E-state index in [-0.39, 0.29) is 5.91 Å². The van der Waals surface area contributed by atoms with Crippen molar-refractivity contribution < 1.29 is 9.18 Å². The van der Waals surface area contributed by atoms with Crippen LogP contribution in [0.1, 0.15) is 39.3 Å². The molecule has 2 atom stereocenters. The number of fused-ring (bicyclic) bond motifs is 3. The minimum atomic E-state index is -0.553. The first-order valence-electron chi connectivity index (χ1n) is 9.49. The Labute approximate surface area is 161 Å². The molecule has 27 heavy (non-hydrogen) atoms. The molecule has 3 aliphatic rings. The number of nitrogens with one attached hydrogen (secondary N) is 1. The lowest BCUT2D eigenvalue weighted by atomic mass is 10.1. The Kier molecular flexibility index (Phi) is 4.12. The van der Waals surface area contributed by atoms with Crippen LogP contribution in [0.3, 0.4) is 0 Å². The maximum atomic E-state index is 13.2. The summed E-state index contributed by atoms with van der Waals surface area (Å²) in [6, 6.07) is 2.40. The number of hydrogen-bond donors (Lipinski definition) is 1. The summed E-state index contributed by atoms with van der Waals surface area (Å²) < 4.78 is 13.2. The minimum absolute atomic E-state index is 0.0807. The second-order valence-electron chi connectivity index (χ2n) is 7.62. The lowest BCUT2D eigenvalue weighted by Gasteiger charge is -2.35. The first-order valence-corrected chi connectivity index (χ1v) is 10.3. The van der Waals surface area contributed by atoms with Gasteiger partial charge in [-0.25, -0.2) is 9.97 Å². The smallest absolute Gasteiger partial charge is 0.256 e. The Hall–Kier alpha value is -2.06. The molecule has 0 aromatic carbocycles. The van der Waals surface area contributed by atoms with Gasteiger partial charge in [0.2, 0.25) is 5.95 Å². The number of aromatic nitrogens is 2. The molecule has 2 saturated heterocycles. The Morgan fingerprint density at radius 3 is 2.85 bits per heavy atom. The normalized spacial score (nSPS) is 24.2. The molecular weight excluding hydrogens is 365 g/mol. The molecule has 0 aliphatic carbocycles. The second-order valence-corrected chi connectivity index (χ2v) is 8.68. The zero-order valence-electron chi connectivity index (χ0n) is 15.2. The van der Waals surface area contributed by atoms with Crippen LogP contribution in [0.5, 0.6) is 0 Å². The molecule has 3 aliphatic heterocycles. The fourth-order valence-electron chi connectivity index (χ4n) is 4.47. The van der Waals surface area contributed by atoms with Crippen molar-refractivity contribution in [2.24, 2.45) is 0 Å². The van der Waals surface area contributed by atoms with E-state index in [1.807, 2.05) is 4.90 Å². The quantitative estimate of drug-likeness (QED) is 0.800. The highest BCUT2D eigenvalue weighted by Crippen LogP contribution is 2.38. The number of halogens is 1. The highest BCUT2D eigenvalue weighted by molar-refractivity contribution is 7.15. The SMILES string of the molecule is Cc1cc(F)ncc1C(=O)N1CCc2nc(N3C4CCC3CNC4)sc2C1. The van der Waals surface area contributed by atoms with Crippen molar-refractivity contribution >= 4 is 22.4 Å². The van der Waals surface area contributed by atoms with Crippen LogP contribution in [-0.2, 0) is 13.0 Å². The van der Waals surface area contributed by atoms with E-state index in [9.17, 15) is 9.18 Å². The fourth-order valence-corrected chi connectivity index (χ4v) is 5.74. The molecule has 5 rings (SSSR count). The summed E-state index contributed by atoms with van der Waals surface area (Å²) >= 11 is 1.73. The topological polar surface area (TPSA) is 61.4 Å². The zero-order valence-corrected chi connectivity index (χ0v) is 16.1. The predicted molar refractivity (Wildman–Crippen MR) is 102 cm³/mol. The number of carbonyl (C=O) groups is 1. The van der Waals surface area contributed by atoms with Crippen LogP contribution in [0.4, 0.5) is 9.52 Å². The van der Waals surface area contributed by atoms with E-state index < -0.39 is 5.95 Å². The van der Waals surface area contributed by atoms with Gasteiger partial charge in [-0.3, -0.25) is 4.79 Å². The van der Waals surface area contributed by atoms with Crippen molar-refractivity contribution in [1.82, 2.24) is 20.2 Å². The minimum Gasteiger partial charge on any atom is -0.340 e. The molecule has 2 bridgehead atoms. The van der Waals surface area contributed by atoms with Crippen molar-refractivity contribution in [3.63, 3.8) is 0 Å². The molecule has 1 amide bonds. The number of amides is 1. The summed E-state index contributed by atoms with van der Waals surface area (Å²) in [6.07, 6.45) is 4.57. The summed E-state index contributed by atoms with van der Waals surface area (Å²) in [7, 11) is 0. The van der Waals surface area contributed by atoms with Crippen molar-refractivity contribution in [3.05, 3.63) is 39.9 Å². The Balaban J connectivity index is 1.37. The summed E-state index contributed by atoms with van der Waals surface area (Å²) in [5.41, 5.74) is 2.23. The summed E-state index contributed by atoms with van der Waals surface area (Å²) in [5.74, 6) is -0.634. The van der Waals surface area contributed by atoms with E-state index >= 15 is 0 Å². The number of carbonyl (C=O) groups excluding carboxylic acids is 1. The van der Waals surface area contributed by atoms with Crippen molar-refractivity contribution in [1.29, 1.82) is 0 Å². The van der Waals surface area contributed by atoms with Crippen molar-refractivity contribution in [3.8, 4) is 0 Å². The van der Waals surface area contributed by atoms with Crippen LogP contribution in [0, 0.1) is 12.9 Å². The van der Waals surface area contributed by atoms with Crippen LogP contribution in [0.25, 0.3) is 0 Å². The Morgan fingerprint density at radius 2 is 2.11 bits per heavy atom. The van der Waals surface area contributed by atoms with E-state index in [1.165, 1.54) is 30.0 Å². The molecule has 2 aromatic rings. The van der Waals surface area contributed by atoms with Crippen LogP contribution in [0.2, 0.25) is 0 Å². The van der Waals surface area contributed by atoms with Crippen molar-refractivity contribution in [2.75, 3.05) is 24.5 Å². The van der Waals surface area contributed by atoms with Crippen molar-refractivity contribution in [2.45, 2.75) is 44.8 Å². The number of thiazole rings is 1. The molecular formula is C19H22FN5OS. The molecule has 5 heterocycles. The van der Waals surface area contributed by atoms with Gasteiger partial charge in [0.15, 0.2) is 5.13 Å². The maximum absolute atomic E-state index is 13.2. The van der Waals surface area contributed by atoms with Crippen LogP contribution >= 0.6 is 11.3 Å². The molecule has 0 radical (unpaired) electrons. The monoisotopic (exact) mass is 387 g/mol. The third kappa shape index (κ3) is 2.91. The first-order chi connectivity index (χ1) is 13.1. The van der Waals surface area contributed by atoms with Crippen LogP contribution in [-0.4, -0.2) is 52.5 Å². The van der Waals surface area contributed by atoms with Crippen LogP contribution in [0.15, 0.2) is 12.3 Å².